The van der Waals surface area contributed by atoms with Crippen LogP contribution >= 0.6 is 0 Å². The molecule has 1 N–H and O–H groups in total. The Balaban J connectivity index is 2.11. The van der Waals surface area contributed by atoms with Crippen LogP contribution in [0, 0.1) is 10.1 Å². The van der Waals surface area contributed by atoms with Crippen LogP contribution in [0.3, 0.4) is 0 Å². The molecule has 0 bridgehead atoms. The number of hydrogen-bond acceptors (Lipinski definition) is 8. The maximum Gasteiger partial charge on any atom is 0.342 e. The van der Waals surface area contributed by atoms with E-state index in [-0.39, 0.29) is 17.0 Å². The first kappa shape index (κ1) is 21.5. The summed E-state index contributed by atoms with van der Waals surface area (Å²) in [6.07, 6.45) is -1.14. The van der Waals surface area contributed by atoms with Crippen molar-refractivity contribution in [2.24, 2.45) is 0 Å². The van der Waals surface area contributed by atoms with Crippen molar-refractivity contribution in [2.45, 2.75) is 13.0 Å². The summed E-state index contributed by atoms with van der Waals surface area (Å²) in [6, 6.07) is 8.11. The summed E-state index contributed by atoms with van der Waals surface area (Å²) in [4.78, 5) is 34.9. The van der Waals surface area contributed by atoms with Crippen molar-refractivity contribution in [1.82, 2.24) is 0 Å². The standard InChI is InChI=1S/C19H20N2O8/c1-11(18(22)20-12-5-7-13(8-6-12)21(24)25)29-19(23)14-9-16(27-3)17(28-4)10-15(14)26-2/h5-11H,1-4H3,(H,20,22). The number of nitro groups is 1. The molecule has 2 aromatic rings. The average molecular weight is 404 g/mol. The number of methoxy groups -OCH3 is 3. The number of hydrogen-bond donors (Lipinski definition) is 1. The summed E-state index contributed by atoms with van der Waals surface area (Å²) in [5.41, 5.74) is 0.273. The highest BCUT2D eigenvalue weighted by molar-refractivity contribution is 5.98. The number of carbonyl (C=O) groups excluding carboxylic acids is 2. The van der Waals surface area contributed by atoms with Crippen LogP contribution in [0.2, 0.25) is 0 Å². The van der Waals surface area contributed by atoms with Crippen LogP contribution in [0.25, 0.3) is 0 Å². The molecule has 0 radical (unpaired) electrons. The van der Waals surface area contributed by atoms with Gasteiger partial charge in [-0.1, -0.05) is 0 Å². The molecule has 1 atom stereocenters. The number of carbonyl (C=O) groups is 2. The van der Waals surface area contributed by atoms with Gasteiger partial charge in [0, 0.05) is 30.0 Å². The van der Waals surface area contributed by atoms with E-state index in [0.717, 1.165) is 0 Å². The Morgan fingerprint density at radius 2 is 1.52 bits per heavy atom. The molecular formula is C19H20N2O8. The van der Waals surface area contributed by atoms with Crippen molar-refractivity contribution in [1.29, 1.82) is 0 Å². The molecule has 10 heteroatoms. The third kappa shape index (κ3) is 5.12. The molecule has 0 saturated carbocycles. The molecule has 10 nitrogen and oxygen atoms in total. The number of esters is 1. The SMILES string of the molecule is COc1cc(OC)c(C(=O)OC(C)C(=O)Nc2ccc([N+](=O)[O-])cc2)cc1OC. The Morgan fingerprint density at radius 3 is 2.03 bits per heavy atom. The summed E-state index contributed by atoms with van der Waals surface area (Å²) >= 11 is 0. The Morgan fingerprint density at radius 1 is 0.966 bits per heavy atom. The van der Waals surface area contributed by atoms with Crippen molar-refractivity contribution in [3.05, 3.63) is 52.1 Å². The Kier molecular flexibility index (Phi) is 6.96. The fourth-order valence-electron chi connectivity index (χ4n) is 2.38. The molecule has 1 unspecified atom stereocenters. The molecule has 0 aliphatic heterocycles. The highest BCUT2D eigenvalue weighted by atomic mass is 16.6. The molecule has 0 heterocycles. The zero-order chi connectivity index (χ0) is 21.6. The van der Waals surface area contributed by atoms with Crippen LogP contribution in [0.15, 0.2) is 36.4 Å². The molecule has 29 heavy (non-hydrogen) atoms. The largest absolute Gasteiger partial charge is 0.496 e. The molecule has 0 saturated heterocycles. The molecular weight excluding hydrogens is 384 g/mol. The number of nitrogens with one attached hydrogen (secondary N) is 1. The van der Waals surface area contributed by atoms with Gasteiger partial charge in [0.25, 0.3) is 11.6 Å². The smallest absolute Gasteiger partial charge is 0.342 e. The molecule has 0 aromatic heterocycles. The van der Waals surface area contributed by atoms with Gasteiger partial charge in [0.15, 0.2) is 17.6 Å². The highest BCUT2D eigenvalue weighted by Gasteiger charge is 2.24. The maximum atomic E-state index is 12.5. The van der Waals surface area contributed by atoms with Gasteiger partial charge in [0.05, 0.1) is 26.3 Å². The second kappa shape index (κ2) is 9.40. The molecule has 2 aromatic carbocycles. The first-order valence-electron chi connectivity index (χ1n) is 8.37. The summed E-state index contributed by atoms with van der Waals surface area (Å²) in [5.74, 6) is -0.551. The Hall–Kier alpha value is -3.82. The molecule has 2 rings (SSSR count). The van der Waals surface area contributed by atoms with Crippen LogP contribution in [0.5, 0.6) is 17.2 Å². The van der Waals surface area contributed by atoms with Crippen molar-refractivity contribution in [2.75, 3.05) is 26.6 Å². The van der Waals surface area contributed by atoms with E-state index in [2.05, 4.69) is 5.32 Å². The van der Waals surface area contributed by atoms with Gasteiger partial charge in [-0.25, -0.2) is 4.79 Å². The lowest BCUT2D eigenvalue weighted by atomic mass is 10.1. The van der Waals surface area contributed by atoms with Crippen molar-refractivity contribution in [3.63, 3.8) is 0 Å². The van der Waals surface area contributed by atoms with Crippen molar-refractivity contribution < 1.29 is 33.5 Å². The number of benzene rings is 2. The second-order valence-corrected chi connectivity index (χ2v) is 5.75. The normalized spacial score (nSPS) is 11.2. The van der Waals surface area contributed by atoms with E-state index in [9.17, 15) is 19.7 Å². The molecule has 0 spiro atoms. The monoisotopic (exact) mass is 404 g/mol. The number of anilines is 1. The highest BCUT2D eigenvalue weighted by Crippen LogP contribution is 2.35. The fraction of sp³-hybridized carbons (Fsp3) is 0.263. The van der Waals surface area contributed by atoms with Gasteiger partial charge in [0.1, 0.15) is 11.3 Å². The van der Waals surface area contributed by atoms with Crippen molar-refractivity contribution >= 4 is 23.3 Å². The van der Waals surface area contributed by atoms with E-state index in [1.165, 1.54) is 64.7 Å². The number of ether oxygens (including phenoxy) is 4. The minimum absolute atomic E-state index is 0.0557. The van der Waals surface area contributed by atoms with Gasteiger partial charge in [-0.05, 0) is 19.1 Å². The second-order valence-electron chi connectivity index (χ2n) is 5.75. The van der Waals surface area contributed by atoms with E-state index >= 15 is 0 Å². The number of nitrogens with zero attached hydrogens (tertiary/aromatic N) is 1. The number of rotatable bonds is 8. The van der Waals surface area contributed by atoms with Gasteiger partial charge in [-0.15, -0.1) is 0 Å². The molecule has 154 valence electrons. The van der Waals surface area contributed by atoms with Crippen LogP contribution in [0.1, 0.15) is 17.3 Å². The first-order valence-corrected chi connectivity index (χ1v) is 8.37. The van der Waals surface area contributed by atoms with E-state index in [0.29, 0.717) is 17.2 Å². The average Bonchev–Trinajstić information content (AvgIpc) is 2.72. The predicted molar refractivity (Wildman–Crippen MR) is 103 cm³/mol. The molecule has 0 aliphatic rings. The van der Waals surface area contributed by atoms with E-state index in [1.807, 2.05) is 0 Å². The zero-order valence-electron chi connectivity index (χ0n) is 16.3. The predicted octanol–water partition coefficient (Wildman–Crippen LogP) is 2.80. The minimum Gasteiger partial charge on any atom is -0.496 e. The summed E-state index contributed by atoms with van der Waals surface area (Å²) in [6.45, 7) is 1.39. The quantitative estimate of drug-likeness (QED) is 0.404. The van der Waals surface area contributed by atoms with Gasteiger partial charge in [-0.2, -0.15) is 0 Å². The number of non-ortho nitro benzene ring substituents is 1. The lowest BCUT2D eigenvalue weighted by molar-refractivity contribution is -0.384. The zero-order valence-corrected chi connectivity index (χ0v) is 16.3. The number of nitro benzene ring substituents is 1. The minimum atomic E-state index is -1.14. The van der Waals surface area contributed by atoms with Crippen LogP contribution in [-0.2, 0) is 9.53 Å². The van der Waals surface area contributed by atoms with Crippen LogP contribution in [0.4, 0.5) is 11.4 Å². The van der Waals surface area contributed by atoms with E-state index in [4.69, 9.17) is 18.9 Å². The third-order valence-corrected chi connectivity index (χ3v) is 3.92. The Labute approximate surface area is 166 Å². The van der Waals surface area contributed by atoms with Crippen molar-refractivity contribution in [3.8, 4) is 17.2 Å². The summed E-state index contributed by atoms with van der Waals surface area (Å²) in [5, 5.41) is 13.2. The van der Waals surface area contributed by atoms with Gasteiger partial charge < -0.3 is 24.3 Å². The van der Waals surface area contributed by atoms with Crippen LogP contribution in [-0.4, -0.2) is 44.2 Å². The first-order chi connectivity index (χ1) is 13.8. The molecule has 1 amide bonds. The topological polar surface area (TPSA) is 126 Å². The molecule has 0 fully saturated rings. The third-order valence-electron chi connectivity index (χ3n) is 3.92. The lowest BCUT2D eigenvalue weighted by Crippen LogP contribution is -2.30. The van der Waals surface area contributed by atoms with E-state index < -0.39 is 22.9 Å². The summed E-state index contributed by atoms with van der Waals surface area (Å²) < 4.78 is 20.7. The Bertz CT molecular complexity index is 911. The fourth-order valence-corrected chi connectivity index (χ4v) is 2.38. The molecule has 0 aliphatic carbocycles. The van der Waals surface area contributed by atoms with Gasteiger partial charge >= 0.3 is 5.97 Å². The van der Waals surface area contributed by atoms with E-state index in [1.54, 1.807) is 0 Å². The van der Waals surface area contributed by atoms with Crippen LogP contribution < -0.4 is 19.5 Å². The van der Waals surface area contributed by atoms with Gasteiger partial charge in [0.2, 0.25) is 0 Å². The van der Waals surface area contributed by atoms with Gasteiger partial charge in [-0.3, -0.25) is 14.9 Å². The number of amides is 1. The summed E-state index contributed by atoms with van der Waals surface area (Å²) in [7, 11) is 4.24. The maximum absolute atomic E-state index is 12.5. The lowest BCUT2D eigenvalue weighted by Gasteiger charge is -2.16.